The molecule has 1 nitrogen and oxygen atoms in total. The third-order valence-electron chi connectivity index (χ3n) is 3.48. The summed E-state index contributed by atoms with van der Waals surface area (Å²) in [7, 11) is 0. The van der Waals surface area contributed by atoms with Gasteiger partial charge in [0, 0.05) is 4.47 Å². The Balaban J connectivity index is 2.50. The molecule has 0 aliphatic rings. The van der Waals surface area contributed by atoms with E-state index in [0.717, 1.165) is 33.3 Å². The van der Waals surface area contributed by atoms with Crippen LogP contribution in [0.15, 0.2) is 34.8 Å². The van der Waals surface area contributed by atoms with Gasteiger partial charge in [-0.1, -0.05) is 41.1 Å². The molecule has 0 aliphatic carbocycles. The Morgan fingerprint density at radius 2 is 1.62 bits per heavy atom. The van der Waals surface area contributed by atoms with Crippen LogP contribution in [0.4, 0.5) is 8.78 Å². The van der Waals surface area contributed by atoms with Gasteiger partial charge in [0.1, 0.15) is 0 Å². The molecule has 1 N–H and O–H groups in total. The molecule has 2 aromatic carbocycles. The average Bonchev–Trinajstić information content (AvgIpc) is 2.45. The van der Waals surface area contributed by atoms with Crippen LogP contribution in [-0.2, 0) is 0 Å². The number of nitrogens with one attached hydrogen (secondary N) is 1. The van der Waals surface area contributed by atoms with Crippen LogP contribution in [-0.4, -0.2) is 6.54 Å². The predicted molar refractivity (Wildman–Crippen MR) is 85.5 cm³/mol. The Labute approximate surface area is 132 Å². The maximum Gasteiger partial charge on any atom is 0.159 e. The number of aryl methyl sites for hydroxylation is 2. The zero-order valence-corrected chi connectivity index (χ0v) is 13.9. The molecule has 0 fully saturated rings. The van der Waals surface area contributed by atoms with Crippen molar-refractivity contribution in [2.75, 3.05) is 6.54 Å². The summed E-state index contributed by atoms with van der Waals surface area (Å²) in [6, 6.07) is 8.02. The minimum atomic E-state index is -0.822. The fourth-order valence-corrected chi connectivity index (χ4v) is 2.70. The molecular weight excluding hydrogens is 336 g/mol. The first-order chi connectivity index (χ1) is 9.93. The fourth-order valence-electron chi connectivity index (χ4n) is 2.47. The molecule has 0 heterocycles. The highest BCUT2D eigenvalue weighted by atomic mass is 79.9. The van der Waals surface area contributed by atoms with Gasteiger partial charge in [0.25, 0.3) is 0 Å². The lowest BCUT2D eigenvalue weighted by Crippen LogP contribution is -2.22. The molecule has 0 saturated heterocycles. The van der Waals surface area contributed by atoms with Gasteiger partial charge in [-0.3, -0.25) is 0 Å². The summed E-state index contributed by atoms with van der Waals surface area (Å²) < 4.78 is 27.7. The van der Waals surface area contributed by atoms with Gasteiger partial charge in [0.05, 0.1) is 6.04 Å². The summed E-state index contributed by atoms with van der Waals surface area (Å²) >= 11 is 3.55. The second-order valence-electron chi connectivity index (χ2n) is 5.13. The molecule has 0 radical (unpaired) electrons. The highest BCUT2D eigenvalue weighted by Gasteiger charge is 2.16. The molecule has 0 spiro atoms. The maximum atomic E-state index is 13.5. The van der Waals surface area contributed by atoms with E-state index in [1.807, 2.05) is 20.8 Å². The van der Waals surface area contributed by atoms with Crippen LogP contribution in [0.1, 0.15) is 35.2 Å². The summed E-state index contributed by atoms with van der Waals surface area (Å²) in [6.07, 6.45) is 0. The fraction of sp³-hybridized carbons (Fsp3) is 0.294. The van der Waals surface area contributed by atoms with Gasteiger partial charge in [-0.15, -0.1) is 0 Å². The molecule has 0 amide bonds. The Morgan fingerprint density at radius 1 is 1.00 bits per heavy atom. The summed E-state index contributed by atoms with van der Waals surface area (Å²) in [4.78, 5) is 0. The van der Waals surface area contributed by atoms with Crippen molar-refractivity contribution in [2.24, 2.45) is 0 Å². The van der Waals surface area contributed by atoms with Crippen molar-refractivity contribution in [2.45, 2.75) is 26.8 Å². The zero-order chi connectivity index (χ0) is 15.6. The van der Waals surface area contributed by atoms with E-state index < -0.39 is 11.6 Å². The van der Waals surface area contributed by atoms with E-state index in [9.17, 15) is 8.78 Å². The van der Waals surface area contributed by atoms with Crippen LogP contribution in [0.3, 0.4) is 0 Å². The smallest absolute Gasteiger partial charge is 0.159 e. The molecule has 112 valence electrons. The highest BCUT2D eigenvalue weighted by Crippen LogP contribution is 2.29. The molecule has 0 aliphatic heterocycles. The lowest BCUT2D eigenvalue weighted by molar-refractivity contribution is 0.504. The van der Waals surface area contributed by atoms with Crippen LogP contribution in [0, 0.1) is 25.5 Å². The molecule has 2 rings (SSSR count). The van der Waals surface area contributed by atoms with E-state index in [2.05, 4.69) is 33.4 Å². The van der Waals surface area contributed by atoms with Crippen molar-refractivity contribution in [3.8, 4) is 0 Å². The van der Waals surface area contributed by atoms with E-state index in [4.69, 9.17) is 0 Å². The van der Waals surface area contributed by atoms with Crippen molar-refractivity contribution in [1.29, 1.82) is 0 Å². The minimum absolute atomic E-state index is 0.157. The van der Waals surface area contributed by atoms with Crippen LogP contribution in [0.5, 0.6) is 0 Å². The van der Waals surface area contributed by atoms with Gasteiger partial charge in [0.15, 0.2) is 11.6 Å². The zero-order valence-electron chi connectivity index (χ0n) is 12.3. The summed E-state index contributed by atoms with van der Waals surface area (Å²) in [5, 5.41) is 3.33. The van der Waals surface area contributed by atoms with Crippen LogP contribution < -0.4 is 5.32 Å². The van der Waals surface area contributed by atoms with Gasteiger partial charge in [-0.2, -0.15) is 0 Å². The summed E-state index contributed by atoms with van der Waals surface area (Å²) in [5.74, 6) is -1.64. The molecule has 1 unspecified atom stereocenters. The van der Waals surface area contributed by atoms with E-state index >= 15 is 0 Å². The number of halogens is 3. The second kappa shape index (κ2) is 6.67. The SMILES string of the molecule is CCNC(c1cc(C)c(Br)c(C)c1)c1ccc(F)c(F)c1. The summed E-state index contributed by atoms with van der Waals surface area (Å²) in [5.41, 5.74) is 4.00. The number of rotatable bonds is 4. The minimum Gasteiger partial charge on any atom is -0.307 e. The molecule has 1 atom stereocenters. The van der Waals surface area contributed by atoms with Gasteiger partial charge < -0.3 is 5.32 Å². The number of hydrogen-bond donors (Lipinski definition) is 1. The first-order valence-corrected chi connectivity index (χ1v) is 7.68. The molecule has 21 heavy (non-hydrogen) atoms. The van der Waals surface area contributed by atoms with Crippen LogP contribution >= 0.6 is 15.9 Å². The topological polar surface area (TPSA) is 12.0 Å². The maximum absolute atomic E-state index is 13.5. The van der Waals surface area contributed by atoms with Crippen molar-refractivity contribution in [3.05, 3.63) is 68.7 Å². The molecular formula is C17H18BrF2N. The lowest BCUT2D eigenvalue weighted by atomic mass is 9.95. The number of benzene rings is 2. The van der Waals surface area contributed by atoms with Gasteiger partial charge in [0.2, 0.25) is 0 Å². The van der Waals surface area contributed by atoms with Crippen molar-refractivity contribution < 1.29 is 8.78 Å². The highest BCUT2D eigenvalue weighted by molar-refractivity contribution is 9.10. The third-order valence-corrected chi connectivity index (χ3v) is 4.73. The third kappa shape index (κ3) is 3.50. The molecule has 0 aromatic heterocycles. The van der Waals surface area contributed by atoms with E-state index in [0.29, 0.717) is 0 Å². The Bertz CT molecular complexity index is 632. The van der Waals surface area contributed by atoms with Gasteiger partial charge >= 0.3 is 0 Å². The van der Waals surface area contributed by atoms with Crippen LogP contribution in [0.25, 0.3) is 0 Å². The van der Waals surface area contributed by atoms with Crippen molar-refractivity contribution in [3.63, 3.8) is 0 Å². The molecule has 4 heteroatoms. The number of hydrogen-bond acceptors (Lipinski definition) is 1. The Hall–Kier alpha value is -1.26. The lowest BCUT2D eigenvalue weighted by Gasteiger charge is -2.21. The van der Waals surface area contributed by atoms with E-state index in [-0.39, 0.29) is 6.04 Å². The summed E-state index contributed by atoms with van der Waals surface area (Å²) in [6.45, 7) is 6.77. The molecule has 2 aromatic rings. The standard InChI is InChI=1S/C17H18BrF2N/c1-4-21-17(12-5-6-14(19)15(20)9-12)13-7-10(2)16(18)11(3)8-13/h5-9,17,21H,4H2,1-3H3. The predicted octanol–water partition coefficient (Wildman–Crippen LogP) is 5.04. The first kappa shape index (κ1) is 16.1. The Kier molecular flexibility index (Phi) is 5.12. The molecule has 0 bridgehead atoms. The van der Waals surface area contributed by atoms with Crippen molar-refractivity contribution >= 4 is 15.9 Å². The van der Waals surface area contributed by atoms with E-state index in [1.165, 1.54) is 12.1 Å². The largest absolute Gasteiger partial charge is 0.307 e. The first-order valence-electron chi connectivity index (χ1n) is 6.89. The van der Waals surface area contributed by atoms with E-state index in [1.54, 1.807) is 6.07 Å². The van der Waals surface area contributed by atoms with Gasteiger partial charge in [-0.05, 0) is 54.8 Å². The van der Waals surface area contributed by atoms with Gasteiger partial charge in [-0.25, -0.2) is 8.78 Å². The van der Waals surface area contributed by atoms with Crippen LogP contribution in [0.2, 0.25) is 0 Å². The Morgan fingerprint density at radius 3 is 2.14 bits per heavy atom. The molecule has 0 saturated carbocycles. The monoisotopic (exact) mass is 353 g/mol. The second-order valence-corrected chi connectivity index (χ2v) is 5.93. The normalized spacial score (nSPS) is 12.5. The quantitative estimate of drug-likeness (QED) is 0.811. The van der Waals surface area contributed by atoms with Crippen molar-refractivity contribution in [1.82, 2.24) is 5.32 Å². The average molecular weight is 354 g/mol.